The van der Waals surface area contributed by atoms with Crippen LogP contribution >= 0.6 is 0 Å². The number of benzene rings is 1. The number of ether oxygens (including phenoxy) is 2. The Labute approximate surface area is 168 Å². The molecule has 2 aliphatic rings. The van der Waals surface area contributed by atoms with Crippen molar-refractivity contribution in [3.63, 3.8) is 0 Å². The molecule has 6 nitrogen and oxygen atoms in total. The van der Waals surface area contributed by atoms with Crippen molar-refractivity contribution in [1.82, 2.24) is 10.6 Å². The van der Waals surface area contributed by atoms with Crippen LogP contribution < -0.4 is 15.4 Å². The molecule has 1 aliphatic heterocycles. The zero-order chi connectivity index (χ0) is 19.8. The minimum absolute atomic E-state index is 0.197. The number of nitrogens with zero attached hydrogens (tertiary/aromatic N) is 1. The lowest BCUT2D eigenvalue weighted by Gasteiger charge is -2.24. The Morgan fingerprint density at radius 2 is 2.11 bits per heavy atom. The SMILES string of the molecule is CCNC(=NCc1ccc(C)cc1OCC1CCCO1)NCC1(O)CCCC1. The molecular formula is C22H35N3O3. The van der Waals surface area contributed by atoms with Gasteiger partial charge >= 0.3 is 0 Å². The molecule has 0 radical (unpaired) electrons. The molecule has 0 aromatic heterocycles. The van der Waals surface area contributed by atoms with Gasteiger partial charge in [-0.25, -0.2) is 4.99 Å². The summed E-state index contributed by atoms with van der Waals surface area (Å²) >= 11 is 0. The van der Waals surface area contributed by atoms with E-state index in [0.29, 0.717) is 19.7 Å². The third-order valence-electron chi connectivity index (χ3n) is 5.54. The first-order valence-electron chi connectivity index (χ1n) is 10.7. The average molecular weight is 390 g/mol. The van der Waals surface area contributed by atoms with Crippen LogP contribution in [0.25, 0.3) is 0 Å². The topological polar surface area (TPSA) is 75.1 Å². The van der Waals surface area contributed by atoms with Gasteiger partial charge in [-0.3, -0.25) is 0 Å². The first-order valence-corrected chi connectivity index (χ1v) is 10.7. The summed E-state index contributed by atoms with van der Waals surface area (Å²) < 4.78 is 11.7. The van der Waals surface area contributed by atoms with E-state index >= 15 is 0 Å². The second-order valence-corrected chi connectivity index (χ2v) is 8.04. The summed E-state index contributed by atoms with van der Waals surface area (Å²) in [5, 5.41) is 17.1. The van der Waals surface area contributed by atoms with Crippen molar-refractivity contribution in [2.75, 3.05) is 26.3 Å². The average Bonchev–Trinajstić information content (AvgIpc) is 3.35. The molecule has 0 spiro atoms. The van der Waals surface area contributed by atoms with E-state index < -0.39 is 5.60 Å². The fraction of sp³-hybridized carbons (Fsp3) is 0.682. The zero-order valence-corrected chi connectivity index (χ0v) is 17.3. The van der Waals surface area contributed by atoms with Crippen LogP contribution in [-0.2, 0) is 11.3 Å². The summed E-state index contributed by atoms with van der Waals surface area (Å²) in [5.74, 6) is 1.61. The van der Waals surface area contributed by atoms with Gasteiger partial charge in [-0.15, -0.1) is 0 Å². The lowest BCUT2D eigenvalue weighted by Crippen LogP contribution is -2.46. The second kappa shape index (κ2) is 10.1. The molecule has 1 atom stereocenters. The van der Waals surface area contributed by atoms with Gasteiger partial charge in [-0.1, -0.05) is 25.0 Å². The summed E-state index contributed by atoms with van der Waals surface area (Å²) in [7, 11) is 0. The van der Waals surface area contributed by atoms with Crippen molar-refractivity contribution >= 4 is 5.96 Å². The quantitative estimate of drug-likeness (QED) is 0.471. The number of hydrogen-bond acceptors (Lipinski definition) is 4. The third-order valence-corrected chi connectivity index (χ3v) is 5.54. The first kappa shape index (κ1) is 20.9. The highest BCUT2D eigenvalue weighted by molar-refractivity contribution is 5.79. The molecule has 1 saturated carbocycles. The molecule has 1 unspecified atom stereocenters. The van der Waals surface area contributed by atoms with E-state index in [0.717, 1.165) is 68.9 Å². The highest BCUT2D eigenvalue weighted by atomic mass is 16.5. The van der Waals surface area contributed by atoms with Crippen LogP contribution in [0.2, 0.25) is 0 Å². The van der Waals surface area contributed by atoms with E-state index in [4.69, 9.17) is 14.5 Å². The second-order valence-electron chi connectivity index (χ2n) is 8.04. The van der Waals surface area contributed by atoms with Crippen molar-refractivity contribution < 1.29 is 14.6 Å². The van der Waals surface area contributed by atoms with Crippen LogP contribution in [0.3, 0.4) is 0 Å². The third kappa shape index (κ3) is 6.11. The van der Waals surface area contributed by atoms with Gasteiger partial charge in [0.05, 0.1) is 18.2 Å². The Bertz CT molecular complexity index is 650. The summed E-state index contributed by atoms with van der Waals surface area (Å²) in [6, 6.07) is 6.24. The molecule has 3 N–H and O–H groups in total. The van der Waals surface area contributed by atoms with Crippen LogP contribution in [0.1, 0.15) is 56.6 Å². The van der Waals surface area contributed by atoms with Gasteiger partial charge < -0.3 is 25.2 Å². The Balaban J connectivity index is 1.61. The lowest BCUT2D eigenvalue weighted by molar-refractivity contribution is 0.0522. The number of rotatable bonds is 8. The zero-order valence-electron chi connectivity index (χ0n) is 17.3. The predicted molar refractivity (Wildman–Crippen MR) is 112 cm³/mol. The van der Waals surface area contributed by atoms with Crippen molar-refractivity contribution in [2.45, 2.75) is 70.6 Å². The van der Waals surface area contributed by atoms with E-state index in [1.54, 1.807) is 0 Å². The number of guanidine groups is 1. The van der Waals surface area contributed by atoms with Gasteiger partial charge in [-0.2, -0.15) is 0 Å². The molecule has 6 heteroatoms. The normalized spacial score (nSPS) is 21.7. The van der Waals surface area contributed by atoms with Gasteiger partial charge in [-0.05, 0) is 51.2 Å². The highest BCUT2D eigenvalue weighted by Crippen LogP contribution is 2.28. The molecule has 156 valence electrons. The molecule has 0 bridgehead atoms. The maximum atomic E-state index is 10.6. The number of nitrogens with one attached hydrogen (secondary N) is 2. The molecule has 1 saturated heterocycles. The Morgan fingerprint density at radius 3 is 2.82 bits per heavy atom. The molecule has 0 amide bonds. The van der Waals surface area contributed by atoms with Crippen LogP contribution in [0.15, 0.2) is 23.2 Å². The molecule has 1 aliphatic carbocycles. The minimum atomic E-state index is -0.602. The maximum Gasteiger partial charge on any atom is 0.191 e. The Morgan fingerprint density at radius 1 is 1.29 bits per heavy atom. The number of aliphatic hydroxyl groups is 1. The smallest absolute Gasteiger partial charge is 0.191 e. The molecule has 1 heterocycles. The highest BCUT2D eigenvalue weighted by Gasteiger charge is 2.31. The predicted octanol–water partition coefficient (Wildman–Crippen LogP) is 2.91. The summed E-state index contributed by atoms with van der Waals surface area (Å²) in [6.45, 7) is 7.38. The van der Waals surface area contributed by atoms with E-state index in [2.05, 4.69) is 35.8 Å². The first-order chi connectivity index (χ1) is 13.6. The monoisotopic (exact) mass is 389 g/mol. The van der Waals surface area contributed by atoms with Crippen LogP contribution in [-0.4, -0.2) is 49.1 Å². The fourth-order valence-electron chi connectivity index (χ4n) is 3.85. The van der Waals surface area contributed by atoms with Crippen molar-refractivity contribution in [2.24, 2.45) is 4.99 Å². The summed E-state index contributed by atoms with van der Waals surface area (Å²) in [4.78, 5) is 4.72. The van der Waals surface area contributed by atoms with E-state index in [-0.39, 0.29) is 6.10 Å². The standard InChI is InChI=1S/C22H35N3O3/c1-3-23-21(25-16-22(26)10-4-5-11-22)24-14-18-9-8-17(2)13-20(18)28-15-19-7-6-12-27-19/h8-9,13,19,26H,3-7,10-12,14-16H2,1-2H3,(H2,23,24,25). The largest absolute Gasteiger partial charge is 0.491 e. The number of aryl methyl sites for hydroxylation is 1. The van der Waals surface area contributed by atoms with E-state index in [9.17, 15) is 5.11 Å². The maximum absolute atomic E-state index is 10.6. The van der Waals surface area contributed by atoms with Gasteiger partial charge in [0.1, 0.15) is 12.4 Å². The van der Waals surface area contributed by atoms with Gasteiger partial charge in [0, 0.05) is 25.3 Å². The number of hydrogen-bond donors (Lipinski definition) is 3. The molecule has 3 rings (SSSR count). The summed E-state index contributed by atoms with van der Waals surface area (Å²) in [5.41, 5.74) is 1.62. The summed E-state index contributed by atoms with van der Waals surface area (Å²) in [6.07, 6.45) is 6.29. The van der Waals surface area contributed by atoms with E-state index in [1.165, 1.54) is 5.56 Å². The molecule has 1 aromatic carbocycles. The number of aliphatic imine (C=N–C) groups is 1. The Hall–Kier alpha value is -1.79. The van der Waals surface area contributed by atoms with E-state index in [1.807, 2.05) is 6.92 Å². The van der Waals surface area contributed by atoms with Crippen molar-refractivity contribution in [3.8, 4) is 5.75 Å². The van der Waals surface area contributed by atoms with Crippen LogP contribution in [0, 0.1) is 6.92 Å². The fourth-order valence-corrected chi connectivity index (χ4v) is 3.85. The molecule has 28 heavy (non-hydrogen) atoms. The van der Waals surface area contributed by atoms with Crippen molar-refractivity contribution in [3.05, 3.63) is 29.3 Å². The minimum Gasteiger partial charge on any atom is -0.491 e. The van der Waals surface area contributed by atoms with Gasteiger partial charge in [0.25, 0.3) is 0 Å². The van der Waals surface area contributed by atoms with Crippen LogP contribution in [0.5, 0.6) is 5.75 Å². The Kier molecular flexibility index (Phi) is 7.57. The van der Waals surface area contributed by atoms with Crippen LogP contribution in [0.4, 0.5) is 0 Å². The van der Waals surface area contributed by atoms with Gasteiger partial charge in [0.15, 0.2) is 5.96 Å². The van der Waals surface area contributed by atoms with Gasteiger partial charge in [0.2, 0.25) is 0 Å². The lowest BCUT2D eigenvalue weighted by atomic mass is 10.0. The molecule has 1 aromatic rings. The molecule has 2 fully saturated rings. The van der Waals surface area contributed by atoms with Crippen molar-refractivity contribution in [1.29, 1.82) is 0 Å². The molecular weight excluding hydrogens is 354 g/mol.